The fraction of sp³-hybridized carbons (Fsp3) is 0.538. The van der Waals surface area contributed by atoms with Crippen LogP contribution in [0.5, 0.6) is 0 Å². The molecule has 1 aliphatic rings. The predicted octanol–water partition coefficient (Wildman–Crippen LogP) is 1.70. The fourth-order valence-electron chi connectivity index (χ4n) is 2.36. The fourth-order valence-corrected chi connectivity index (χ4v) is 2.36. The molecule has 0 aromatic carbocycles. The molecule has 0 radical (unpaired) electrons. The smallest absolute Gasteiger partial charge is 0.257 e. The highest BCUT2D eigenvalue weighted by Crippen LogP contribution is 2.28. The predicted molar refractivity (Wildman–Crippen MR) is 76.9 cm³/mol. The molecule has 7 nitrogen and oxygen atoms in total. The molecule has 1 fully saturated rings. The lowest BCUT2D eigenvalue weighted by atomic mass is 9.82. The Morgan fingerprint density at radius 1 is 1.25 bits per heavy atom. The molecule has 2 N–H and O–H groups in total. The third-order valence-corrected chi connectivity index (χ3v) is 3.37. The van der Waals surface area contributed by atoms with Crippen molar-refractivity contribution in [3.63, 3.8) is 0 Å². The second kappa shape index (κ2) is 5.44. The summed E-state index contributed by atoms with van der Waals surface area (Å²) < 4.78 is 1.64. The number of anilines is 2. The number of rotatable bonds is 5. The first-order valence-electron chi connectivity index (χ1n) is 7.01. The molecule has 20 heavy (non-hydrogen) atoms. The van der Waals surface area contributed by atoms with Crippen LogP contribution in [0.3, 0.4) is 0 Å². The Labute approximate surface area is 117 Å². The largest absolute Gasteiger partial charge is 0.354 e. The number of nitrogens with one attached hydrogen (secondary N) is 2. The zero-order chi connectivity index (χ0) is 13.9. The maximum Gasteiger partial charge on any atom is 0.257 e. The maximum absolute atomic E-state index is 4.43. The first-order valence-corrected chi connectivity index (χ1v) is 7.01. The van der Waals surface area contributed by atoms with Crippen LogP contribution in [0.15, 0.2) is 18.5 Å². The van der Waals surface area contributed by atoms with Gasteiger partial charge < -0.3 is 10.6 Å². The van der Waals surface area contributed by atoms with Crippen molar-refractivity contribution in [2.24, 2.45) is 5.92 Å². The standard InChI is InChI=1S/C13H19N7/c1-3-14-11-17-12(16-10-7-9(2)8-10)19-13(18-11)20-6-4-5-15-20/h4-6,9-10H,3,7-8H2,1-2H3,(H2,14,16,17,18,19). The Kier molecular flexibility index (Phi) is 3.49. The molecule has 0 amide bonds. The van der Waals surface area contributed by atoms with Crippen LogP contribution < -0.4 is 10.6 Å². The van der Waals surface area contributed by atoms with Crippen LogP contribution in [0, 0.1) is 5.92 Å². The summed E-state index contributed by atoms with van der Waals surface area (Å²) in [4.78, 5) is 13.2. The summed E-state index contributed by atoms with van der Waals surface area (Å²) in [6.07, 6.45) is 5.86. The minimum absolute atomic E-state index is 0.465. The molecule has 0 atom stereocenters. The highest BCUT2D eigenvalue weighted by atomic mass is 15.4. The van der Waals surface area contributed by atoms with E-state index in [1.165, 1.54) is 12.8 Å². The SMILES string of the molecule is CCNc1nc(NC2CC(C)C2)nc(-n2cccn2)n1. The van der Waals surface area contributed by atoms with Gasteiger partial charge in [-0.05, 0) is 31.7 Å². The maximum atomic E-state index is 4.43. The van der Waals surface area contributed by atoms with Crippen LogP contribution >= 0.6 is 0 Å². The van der Waals surface area contributed by atoms with E-state index in [0.717, 1.165) is 12.5 Å². The van der Waals surface area contributed by atoms with Crippen molar-refractivity contribution in [1.82, 2.24) is 24.7 Å². The molecule has 0 aliphatic heterocycles. The summed E-state index contributed by atoms with van der Waals surface area (Å²) in [6.45, 7) is 5.03. The quantitative estimate of drug-likeness (QED) is 0.863. The van der Waals surface area contributed by atoms with E-state index in [4.69, 9.17) is 0 Å². The summed E-state index contributed by atoms with van der Waals surface area (Å²) in [5.74, 6) is 2.49. The van der Waals surface area contributed by atoms with Gasteiger partial charge in [-0.3, -0.25) is 0 Å². The van der Waals surface area contributed by atoms with Crippen molar-refractivity contribution >= 4 is 11.9 Å². The average molecular weight is 273 g/mol. The van der Waals surface area contributed by atoms with Gasteiger partial charge in [0.05, 0.1) is 0 Å². The van der Waals surface area contributed by atoms with Crippen LogP contribution in [0.2, 0.25) is 0 Å². The van der Waals surface area contributed by atoms with Gasteiger partial charge in [0.1, 0.15) is 0 Å². The first-order chi connectivity index (χ1) is 9.74. The molecule has 0 bridgehead atoms. The molecule has 2 heterocycles. The summed E-state index contributed by atoms with van der Waals surface area (Å²) in [7, 11) is 0. The van der Waals surface area contributed by atoms with Crippen molar-refractivity contribution in [2.45, 2.75) is 32.7 Å². The Morgan fingerprint density at radius 2 is 2.05 bits per heavy atom. The average Bonchev–Trinajstić information content (AvgIpc) is 2.91. The summed E-state index contributed by atoms with van der Waals surface area (Å²) in [5, 5.41) is 10.7. The van der Waals surface area contributed by atoms with Crippen molar-refractivity contribution in [2.75, 3.05) is 17.2 Å². The molecule has 1 aliphatic carbocycles. The molecule has 2 aromatic rings. The number of aromatic nitrogens is 5. The van der Waals surface area contributed by atoms with E-state index in [1.54, 1.807) is 10.9 Å². The van der Waals surface area contributed by atoms with Crippen LogP contribution in [0.4, 0.5) is 11.9 Å². The molecule has 106 valence electrons. The normalized spacial score (nSPS) is 21.3. The summed E-state index contributed by atoms with van der Waals surface area (Å²) in [5.41, 5.74) is 0. The van der Waals surface area contributed by atoms with Crippen molar-refractivity contribution < 1.29 is 0 Å². The van der Waals surface area contributed by atoms with Gasteiger partial charge in [0.15, 0.2) is 0 Å². The second-order valence-electron chi connectivity index (χ2n) is 5.18. The van der Waals surface area contributed by atoms with Crippen LogP contribution in [0.25, 0.3) is 5.95 Å². The van der Waals surface area contributed by atoms with Crippen molar-refractivity contribution in [3.8, 4) is 5.95 Å². The highest BCUT2D eigenvalue weighted by molar-refractivity contribution is 5.38. The van der Waals surface area contributed by atoms with E-state index in [2.05, 4.69) is 37.6 Å². The van der Waals surface area contributed by atoms with Gasteiger partial charge in [0.25, 0.3) is 5.95 Å². The van der Waals surface area contributed by atoms with E-state index in [-0.39, 0.29) is 0 Å². The van der Waals surface area contributed by atoms with Crippen LogP contribution in [-0.4, -0.2) is 37.3 Å². The third kappa shape index (κ3) is 2.71. The summed E-state index contributed by atoms with van der Waals surface area (Å²) >= 11 is 0. The number of nitrogens with zero attached hydrogens (tertiary/aromatic N) is 5. The Hall–Kier alpha value is -2.18. The lowest BCUT2D eigenvalue weighted by Gasteiger charge is -2.33. The van der Waals surface area contributed by atoms with Gasteiger partial charge in [0.2, 0.25) is 11.9 Å². The van der Waals surface area contributed by atoms with Crippen molar-refractivity contribution in [1.29, 1.82) is 0 Å². The van der Waals surface area contributed by atoms with Gasteiger partial charge in [0, 0.05) is 25.0 Å². The molecule has 0 saturated heterocycles. The second-order valence-corrected chi connectivity index (χ2v) is 5.18. The third-order valence-electron chi connectivity index (χ3n) is 3.37. The van der Waals surface area contributed by atoms with Crippen LogP contribution in [-0.2, 0) is 0 Å². The topological polar surface area (TPSA) is 80.5 Å². The van der Waals surface area contributed by atoms with Gasteiger partial charge in [-0.2, -0.15) is 20.1 Å². The van der Waals surface area contributed by atoms with Crippen LogP contribution in [0.1, 0.15) is 26.7 Å². The van der Waals surface area contributed by atoms with E-state index in [9.17, 15) is 0 Å². The lowest BCUT2D eigenvalue weighted by Crippen LogP contribution is -2.34. The molecule has 1 saturated carbocycles. The first kappa shape index (κ1) is 12.8. The zero-order valence-corrected chi connectivity index (χ0v) is 11.7. The number of hydrogen-bond donors (Lipinski definition) is 2. The molecule has 2 aromatic heterocycles. The molecule has 0 spiro atoms. The molecule has 7 heteroatoms. The van der Waals surface area contributed by atoms with E-state index < -0.39 is 0 Å². The number of hydrogen-bond acceptors (Lipinski definition) is 6. The summed E-state index contributed by atoms with van der Waals surface area (Å²) in [6, 6.07) is 2.31. The molecule has 3 rings (SSSR count). The molecule has 0 unspecified atom stereocenters. The van der Waals surface area contributed by atoms with E-state index in [1.807, 2.05) is 19.2 Å². The van der Waals surface area contributed by atoms with Gasteiger partial charge in [-0.1, -0.05) is 6.92 Å². The van der Waals surface area contributed by atoms with Crippen molar-refractivity contribution in [3.05, 3.63) is 18.5 Å². The van der Waals surface area contributed by atoms with Gasteiger partial charge >= 0.3 is 0 Å². The van der Waals surface area contributed by atoms with E-state index >= 15 is 0 Å². The minimum atomic E-state index is 0.465. The monoisotopic (exact) mass is 273 g/mol. The Morgan fingerprint density at radius 3 is 2.70 bits per heavy atom. The minimum Gasteiger partial charge on any atom is -0.354 e. The van der Waals surface area contributed by atoms with Gasteiger partial charge in [-0.25, -0.2) is 4.68 Å². The van der Waals surface area contributed by atoms with Gasteiger partial charge in [-0.15, -0.1) is 0 Å². The van der Waals surface area contributed by atoms with E-state index in [0.29, 0.717) is 23.9 Å². The Bertz CT molecular complexity index is 560. The lowest BCUT2D eigenvalue weighted by molar-refractivity contribution is 0.308. The highest BCUT2D eigenvalue weighted by Gasteiger charge is 2.26. The molecular formula is C13H19N7. The zero-order valence-electron chi connectivity index (χ0n) is 11.7. The molecular weight excluding hydrogens is 254 g/mol. The Balaban J connectivity index is 1.84.